The van der Waals surface area contributed by atoms with Crippen LogP contribution in [0.3, 0.4) is 0 Å². The van der Waals surface area contributed by atoms with Crippen molar-refractivity contribution < 1.29 is 9.53 Å². The van der Waals surface area contributed by atoms with Crippen LogP contribution in [0.5, 0.6) is 5.75 Å². The molecule has 108 valence electrons. The number of pyridine rings is 1. The summed E-state index contributed by atoms with van der Waals surface area (Å²) in [5.41, 5.74) is 1.69. The highest BCUT2D eigenvalue weighted by Crippen LogP contribution is 2.16. The Morgan fingerprint density at radius 1 is 1.50 bits per heavy atom. The van der Waals surface area contributed by atoms with Crippen LogP contribution in [-0.4, -0.2) is 30.6 Å². The van der Waals surface area contributed by atoms with Crippen molar-refractivity contribution in [3.8, 4) is 11.8 Å². The summed E-state index contributed by atoms with van der Waals surface area (Å²) >= 11 is 0. The van der Waals surface area contributed by atoms with Crippen LogP contribution in [0.2, 0.25) is 0 Å². The second kappa shape index (κ2) is 8.88. The van der Waals surface area contributed by atoms with Crippen LogP contribution in [0.1, 0.15) is 24.7 Å². The van der Waals surface area contributed by atoms with Gasteiger partial charge in [-0.05, 0) is 32.0 Å². The van der Waals surface area contributed by atoms with Crippen LogP contribution in [0.4, 0.5) is 0 Å². The first kappa shape index (κ1) is 15.9. The molecule has 0 bridgehead atoms. The highest BCUT2D eigenvalue weighted by molar-refractivity contribution is 5.77. The lowest BCUT2D eigenvalue weighted by Crippen LogP contribution is -2.29. The van der Waals surface area contributed by atoms with Crippen LogP contribution in [0, 0.1) is 18.3 Å². The summed E-state index contributed by atoms with van der Waals surface area (Å²) in [6.45, 7) is 5.37. The summed E-state index contributed by atoms with van der Waals surface area (Å²) in [6.07, 6.45) is 1.04. The summed E-state index contributed by atoms with van der Waals surface area (Å²) in [7, 11) is 0. The minimum atomic E-state index is -0.320. The molecule has 0 radical (unpaired) electrons. The second-order valence-electron chi connectivity index (χ2n) is 4.30. The molecule has 0 unspecified atom stereocenters. The average Bonchev–Trinajstić information content (AvgIpc) is 2.44. The van der Waals surface area contributed by atoms with Crippen molar-refractivity contribution in [1.82, 2.24) is 15.6 Å². The van der Waals surface area contributed by atoms with Crippen molar-refractivity contribution in [1.29, 1.82) is 5.26 Å². The molecular formula is C14H20N4O2. The summed E-state index contributed by atoms with van der Waals surface area (Å²) in [4.78, 5) is 15.8. The Morgan fingerprint density at radius 3 is 3.00 bits per heavy atom. The molecule has 0 saturated carbocycles. The van der Waals surface area contributed by atoms with Gasteiger partial charge in [-0.3, -0.25) is 9.78 Å². The number of rotatable bonds is 8. The molecule has 6 nitrogen and oxygen atoms in total. The fourth-order valence-electron chi connectivity index (χ4n) is 1.57. The molecule has 1 heterocycles. The Hall–Kier alpha value is -2.13. The van der Waals surface area contributed by atoms with Gasteiger partial charge in [-0.2, -0.15) is 5.26 Å². The zero-order valence-electron chi connectivity index (χ0n) is 11.9. The number of amides is 1. The first-order valence-electron chi connectivity index (χ1n) is 6.61. The molecule has 0 aliphatic carbocycles. The van der Waals surface area contributed by atoms with Gasteiger partial charge in [0.2, 0.25) is 0 Å². The molecule has 20 heavy (non-hydrogen) atoms. The van der Waals surface area contributed by atoms with E-state index in [1.54, 1.807) is 0 Å². The molecule has 0 aromatic carbocycles. The van der Waals surface area contributed by atoms with Gasteiger partial charge in [0.05, 0.1) is 11.8 Å². The van der Waals surface area contributed by atoms with Gasteiger partial charge in [-0.1, -0.05) is 6.92 Å². The number of hydrogen-bond acceptors (Lipinski definition) is 5. The number of carbonyl (C=O) groups excluding carboxylic acids is 1. The number of carbonyl (C=O) groups is 1. The van der Waals surface area contributed by atoms with E-state index in [4.69, 9.17) is 10.00 Å². The number of hydrogen-bond donors (Lipinski definition) is 2. The molecular weight excluding hydrogens is 256 g/mol. The Bertz CT molecular complexity index is 483. The van der Waals surface area contributed by atoms with Gasteiger partial charge in [0, 0.05) is 12.2 Å². The van der Waals surface area contributed by atoms with Gasteiger partial charge in [-0.25, -0.2) is 0 Å². The molecule has 0 aliphatic rings. The maximum atomic E-state index is 11.4. The molecule has 0 saturated heterocycles. The van der Waals surface area contributed by atoms with Crippen molar-refractivity contribution in [2.24, 2.45) is 0 Å². The van der Waals surface area contributed by atoms with Gasteiger partial charge in [-0.15, -0.1) is 0 Å². The highest BCUT2D eigenvalue weighted by atomic mass is 16.5. The van der Waals surface area contributed by atoms with E-state index < -0.39 is 0 Å². The lowest BCUT2D eigenvalue weighted by molar-refractivity contribution is -0.122. The fourth-order valence-corrected chi connectivity index (χ4v) is 1.57. The number of aromatic nitrogens is 1. The Morgan fingerprint density at radius 2 is 2.30 bits per heavy atom. The van der Waals surface area contributed by atoms with E-state index in [9.17, 15) is 4.79 Å². The van der Waals surface area contributed by atoms with Crippen LogP contribution in [-0.2, 0) is 11.3 Å². The lowest BCUT2D eigenvalue weighted by atomic mass is 10.2. The third-order valence-corrected chi connectivity index (χ3v) is 2.51. The van der Waals surface area contributed by atoms with Gasteiger partial charge < -0.3 is 15.4 Å². The van der Waals surface area contributed by atoms with Gasteiger partial charge in [0.1, 0.15) is 12.3 Å². The van der Waals surface area contributed by atoms with E-state index in [1.165, 1.54) is 0 Å². The van der Waals surface area contributed by atoms with Gasteiger partial charge in [0.25, 0.3) is 5.91 Å². The molecule has 1 aromatic heterocycles. The summed E-state index contributed by atoms with van der Waals surface area (Å²) in [5, 5.41) is 14.1. The van der Waals surface area contributed by atoms with E-state index in [-0.39, 0.29) is 19.1 Å². The predicted octanol–water partition coefficient (Wildman–Crippen LogP) is 0.908. The zero-order chi connectivity index (χ0) is 14.8. The average molecular weight is 276 g/mol. The van der Waals surface area contributed by atoms with Gasteiger partial charge in [0.15, 0.2) is 6.61 Å². The molecule has 0 atom stereocenters. The van der Waals surface area contributed by atoms with Crippen LogP contribution >= 0.6 is 0 Å². The second-order valence-corrected chi connectivity index (χ2v) is 4.30. The topological polar surface area (TPSA) is 87.0 Å². The first-order valence-corrected chi connectivity index (χ1v) is 6.61. The van der Waals surface area contributed by atoms with Crippen molar-refractivity contribution in [3.05, 3.63) is 23.5 Å². The minimum absolute atomic E-state index is 0.0146. The molecule has 2 N–H and O–H groups in total. The number of aryl methyl sites for hydroxylation is 1. The monoisotopic (exact) mass is 276 g/mol. The van der Waals surface area contributed by atoms with Crippen molar-refractivity contribution >= 4 is 5.91 Å². The van der Waals surface area contributed by atoms with E-state index in [0.717, 1.165) is 24.4 Å². The van der Waals surface area contributed by atoms with E-state index >= 15 is 0 Å². The summed E-state index contributed by atoms with van der Waals surface area (Å²) < 4.78 is 5.46. The van der Waals surface area contributed by atoms with Crippen LogP contribution in [0.15, 0.2) is 12.1 Å². The SMILES string of the molecule is CCCNCc1nc(C)ccc1OCC(=O)NCC#N. The van der Waals surface area contributed by atoms with Crippen molar-refractivity contribution in [2.45, 2.75) is 26.8 Å². The highest BCUT2D eigenvalue weighted by Gasteiger charge is 2.08. The molecule has 0 fully saturated rings. The molecule has 6 heteroatoms. The Labute approximate surface area is 119 Å². The molecule has 0 aliphatic heterocycles. The maximum absolute atomic E-state index is 11.4. The molecule has 1 amide bonds. The molecule has 1 aromatic rings. The number of nitrogens with one attached hydrogen (secondary N) is 2. The number of nitrogens with zero attached hydrogens (tertiary/aromatic N) is 2. The molecule has 1 rings (SSSR count). The smallest absolute Gasteiger partial charge is 0.258 e. The lowest BCUT2D eigenvalue weighted by Gasteiger charge is -2.11. The standard InChI is InChI=1S/C14H20N4O2/c1-3-7-16-9-12-13(5-4-11(2)18-12)20-10-14(19)17-8-6-15/h4-5,16H,3,7-10H2,1-2H3,(H,17,19). The van der Waals surface area contributed by atoms with E-state index in [2.05, 4.69) is 22.5 Å². The van der Waals surface area contributed by atoms with Gasteiger partial charge >= 0.3 is 0 Å². The number of ether oxygens (including phenoxy) is 1. The normalized spacial score (nSPS) is 9.85. The predicted molar refractivity (Wildman–Crippen MR) is 75.1 cm³/mol. The maximum Gasteiger partial charge on any atom is 0.258 e. The Kier molecular flexibility index (Phi) is 7.07. The minimum Gasteiger partial charge on any atom is -0.482 e. The largest absolute Gasteiger partial charge is 0.482 e. The van der Waals surface area contributed by atoms with Crippen molar-refractivity contribution in [3.63, 3.8) is 0 Å². The van der Waals surface area contributed by atoms with E-state index in [1.807, 2.05) is 25.1 Å². The summed E-state index contributed by atoms with van der Waals surface area (Å²) in [6, 6.07) is 5.49. The van der Waals surface area contributed by atoms with E-state index in [0.29, 0.717) is 12.3 Å². The molecule has 0 spiro atoms. The third kappa shape index (κ3) is 5.67. The third-order valence-electron chi connectivity index (χ3n) is 2.51. The quantitative estimate of drug-likeness (QED) is 0.544. The summed E-state index contributed by atoms with van der Waals surface area (Å²) in [5.74, 6) is 0.269. The number of nitriles is 1. The van der Waals surface area contributed by atoms with Crippen LogP contribution < -0.4 is 15.4 Å². The zero-order valence-corrected chi connectivity index (χ0v) is 11.9. The Balaban J connectivity index is 2.59. The van der Waals surface area contributed by atoms with Crippen molar-refractivity contribution in [2.75, 3.05) is 19.7 Å². The fraction of sp³-hybridized carbons (Fsp3) is 0.500. The van der Waals surface area contributed by atoms with Crippen LogP contribution in [0.25, 0.3) is 0 Å². The first-order chi connectivity index (χ1) is 9.67.